The lowest BCUT2D eigenvalue weighted by Crippen LogP contribution is -2.46. The largest absolute Gasteiger partial charge is 0.392 e. The van der Waals surface area contributed by atoms with E-state index >= 15 is 0 Å². The Labute approximate surface area is 130 Å². The third kappa shape index (κ3) is 2.42. The molecule has 0 heterocycles. The molecule has 118 valence electrons. The molecule has 0 radical (unpaired) electrons. The van der Waals surface area contributed by atoms with Crippen molar-refractivity contribution in [3.63, 3.8) is 0 Å². The van der Waals surface area contributed by atoms with Gasteiger partial charge < -0.3 is 5.11 Å². The van der Waals surface area contributed by atoms with Crippen LogP contribution in [0, 0.1) is 28.6 Å². The number of hydrogen-bond donors (Lipinski definition) is 1. The number of hydrogen-bond acceptors (Lipinski definition) is 1. The summed E-state index contributed by atoms with van der Waals surface area (Å²) in [7, 11) is 0. The van der Waals surface area contributed by atoms with Gasteiger partial charge in [-0.2, -0.15) is 0 Å². The molecular weight excluding hydrogens is 256 g/mol. The van der Waals surface area contributed by atoms with Gasteiger partial charge in [-0.1, -0.05) is 37.6 Å². The Morgan fingerprint density at radius 1 is 1.33 bits per heavy atom. The fourth-order valence-electron chi connectivity index (χ4n) is 5.95. The normalized spacial score (nSPS) is 46.0. The average Bonchev–Trinajstić information content (AvgIpc) is 3.09. The van der Waals surface area contributed by atoms with Crippen molar-refractivity contribution in [1.82, 2.24) is 0 Å². The summed E-state index contributed by atoms with van der Waals surface area (Å²) in [4.78, 5) is 0. The van der Waals surface area contributed by atoms with Gasteiger partial charge in [-0.3, -0.25) is 0 Å². The fourth-order valence-corrected chi connectivity index (χ4v) is 5.95. The minimum absolute atomic E-state index is 0.178. The highest BCUT2D eigenvalue weighted by molar-refractivity contribution is 5.21. The molecule has 0 aromatic heterocycles. The van der Waals surface area contributed by atoms with Gasteiger partial charge in [0, 0.05) is 0 Å². The zero-order valence-electron chi connectivity index (χ0n) is 14.1. The zero-order chi connectivity index (χ0) is 15.3. The van der Waals surface area contributed by atoms with Gasteiger partial charge in [-0.15, -0.1) is 0 Å². The predicted molar refractivity (Wildman–Crippen MR) is 89.0 cm³/mol. The molecule has 0 spiro atoms. The SMILES string of the molecule is C=C1CC[C@@H]2[C@@]3(C)C[C@H]3CC[C@@]2(C)[C@H]1CC/C(C)=C/CO. The van der Waals surface area contributed by atoms with Crippen LogP contribution in [0.3, 0.4) is 0 Å². The minimum atomic E-state index is 0.178. The molecule has 0 aromatic carbocycles. The second-order valence-electron chi connectivity index (χ2n) is 8.53. The van der Waals surface area contributed by atoms with Crippen LogP contribution in [0.5, 0.6) is 0 Å². The molecule has 1 nitrogen and oxygen atoms in total. The van der Waals surface area contributed by atoms with E-state index in [2.05, 4.69) is 27.4 Å². The van der Waals surface area contributed by atoms with E-state index in [1.807, 2.05) is 6.08 Å². The van der Waals surface area contributed by atoms with Gasteiger partial charge in [0.05, 0.1) is 6.61 Å². The topological polar surface area (TPSA) is 20.2 Å². The van der Waals surface area contributed by atoms with Crippen molar-refractivity contribution in [3.05, 3.63) is 23.8 Å². The van der Waals surface area contributed by atoms with Crippen molar-refractivity contribution in [2.45, 2.75) is 65.7 Å². The summed E-state index contributed by atoms with van der Waals surface area (Å²) < 4.78 is 0. The lowest BCUT2D eigenvalue weighted by molar-refractivity contribution is -0.0152. The van der Waals surface area contributed by atoms with Gasteiger partial charge in [0.1, 0.15) is 0 Å². The number of rotatable bonds is 4. The van der Waals surface area contributed by atoms with Gasteiger partial charge in [0.15, 0.2) is 0 Å². The predicted octanol–water partition coefficient (Wildman–Crippen LogP) is 5.11. The van der Waals surface area contributed by atoms with E-state index < -0.39 is 0 Å². The van der Waals surface area contributed by atoms with Gasteiger partial charge in [0.25, 0.3) is 0 Å². The first-order valence-corrected chi connectivity index (χ1v) is 8.86. The number of aliphatic hydroxyl groups is 1. The quantitative estimate of drug-likeness (QED) is 0.712. The van der Waals surface area contributed by atoms with Crippen molar-refractivity contribution in [2.24, 2.45) is 28.6 Å². The highest BCUT2D eigenvalue weighted by Gasteiger charge is 2.64. The van der Waals surface area contributed by atoms with E-state index in [-0.39, 0.29) is 6.61 Å². The van der Waals surface area contributed by atoms with Crippen LogP contribution in [0.25, 0.3) is 0 Å². The molecule has 5 atom stereocenters. The third-order valence-electron chi connectivity index (χ3n) is 7.39. The molecule has 1 N–H and O–H groups in total. The van der Waals surface area contributed by atoms with Crippen LogP contribution in [0.1, 0.15) is 65.7 Å². The number of aliphatic hydroxyl groups excluding tert-OH is 1. The summed E-state index contributed by atoms with van der Waals surface area (Å²) in [5.74, 6) is 2.64. The Bertz CT molecular complexity index is 462. The van der Waals surface area contributed by atoms with E-state index in [9.17, 15) is 0 Å². The lowest BCUT2D eigenvalue weighted by atomic mass is 9.50. The molecule has 21 heavy (non-hydrogen) atoms. The van der Waals surface area contributed by atoms with Crippen LogP contribution >= 0.6 is 0 Å². The molecular formula is C20H32O. The van der Waals surface area contributed by atoms with E-state index in [1.165, 1.54) is 49.7 Å². The van der Waals surface area contributed by atoms with E-state index in [0.717, 1.165) is 18.3 Å². The lowest BCUT2D eigenvalue weighted by Gasteiger charge is -2.54. The van der Waals surface area contributed by atoms with Crippen molar-refractivity contribution < 1.29 is 5.11 Å². The maximum atomic E-state index is 9.04. The third-order valence-corrected chi connectivity index (χ3v) is 7.39. The van der Waals surface area contributed by atoms with Crippen molar-refractivity contribution in [1.29, 1.82) is 0 Å². The van der Waals surface area contributed by atoms with E-state index in [1.54, 1.807) is 0 Å². The zero-order valence-corrected chi connectivity index (χ0v) is 14.1. The highest BCUT2D eigenvalue weighted by Crippen LogP contribution is 2.73. The van der Waals surface area contributed by atoms with Crippen molar-refractivity contribution in [3.8, 4) is 0 Å². The summed E-state index contributed by atoms with van der Waals surface area (Å²) in [5, 5.41) is 9.04. The standard InChI is InChI=1S/C20H32O/c1-14(10-12-21)5-7-17-15(2)6-8-18-19(17,3)11-9-16-13-20(16,18)4/h10,16-18,21H,2,5-9,11-13H2,1,3-4H3/b14-10+/t16-,17+,18+,19+,20+/m1/s1. The second-order valence-corrected chi connectivity index (χ2v) is 8.53. The molecule has 3 fully saturated rings. The van der Waals surface area contributed by atoms with Gasteiger partial charge in [-0.25, -0.2) is 0 Å². The first-order chi connectivity index (χ1) is 9.91. The Hall–Kier alpha value is -0.560. The molecule has 3 aliphatic carbocycles. The Balaban J connectivity index is 1.77. The molecule has 0 amide bonds. The van der Waals surface area contributed by atoms with Crippen molar-refractivity contribution in [2.75, 3.05) is 6.61 Å². The second kappa shape index (κ2) is 5.26. The molecule has 3 rings (SSSR count). The number of fused-ring (bicyclic) bond motifs is 3. The van der Waals surface area contributed by atoms with Gasteiger partial charge in [0.2, 0.25) is 0 Å². The summed E-state index contributed by atoms with van der Waals surface area (Å²) in [6, 6.07) is 0. The summed E-state index contributed by atoms with van der Waals surface area (Å²) in [5.41, 5.74) is 3.98. The van der Waals surface area contributed by atoms with Crippen LogP contribution in [0.15, 0.2) is 23.8 Å². The fraction of sp³-hybridized carbons (Fsp3) is 0.800. The maximum absolute atomic E-state index is 9.04. The number of allylic oxidation sites excluding steroid dienone is 2. The summed E-state index contributed by atoms with van der Waals surface area (Å²) >= 11 is 0. The highest BCUT2D eigenvalue weighted by atomic mass is 16.2. The molecule has 3 aliphatic rings. The van der Waals surface area contributed by atoms with Crippen LogP contribution < -0.4 is 0 Å². The van der Waals surface area contributed by atoms with Gasteiger partial charge in [-0.05, 0) is 80.5 Å². The molecule has 1 heteroatoms. The maximum Gasteiger partial charge on any atom is 0.0614 e. The average molecular weight is 288 g/mol. The van der Waals surface area contributed by atoms with Crippen LogP contribution in [-0.4, -0.2) is 11.7 Å². The van der Waals surface area contributed by atoms with Crippen LogP contribution in [0.2, 0.25) is 0 Å². The molecule has 3 saturated carbocycles. The molecule has 0 aliphatic heterocycles. The van der Waals surface area contributed by atoms with E-state index in [0.29, 0.717) is 16.7 Å². The molecule has 0 bridgehead atoms. The Kier molecular flexibility index (Phi) is 3.84. The Morgan fingerprint density at radius 2 is 2.10 bits per heavy atom. The van der Waals surface area contributed by atoms with E-state index in [4.69, 9.17) is 5.11 Å². The van der Waals surface area contributed by atoms with Gasteiger partial charge >= 0.3 is 0 Å². The summed E-state index contributed by atoms with van der Waals surface area (Å²) in [6.07, 6.45) is 11.3. The minimum Gasteiger partial charge on any atom is -0.392 e. The van der Waals surface area contributed by atoms with Crippen LogP contribution in [0.4, 0.5) is 0 Å². The van der Waals surface area contributed by atoms with Crippen molar-refractivity contribution >= 4 is 0 Å². The smallest absolute Gasteiger partial charge is 0.0614 e. The first-order valence-electron chi connectivity index (χ1n) is 8.86. The molecule has 0 saturated heterocycles. The molecule has 0 unspecified atom stereocenters. The summed E-state index contributed by atoms with van der Waals surface area (Å²) in [6.45, 7) is 11.9. The van der Waals surface area contributed by atoms with Crippen LogP contribution in [-0.2, 0) is 0 Å². The first kappa shape index (κ1) is 15.3. The monoisotopic (exact) mass is 288 g/mol. The Morgan fingerprint density at radius 3 is 2.81 bits per heavy atom. The molecule has 0 aromatic rings.